The van der Waals surface area contributed by atoms with Crippen molar-refractivity contribution in [2.45, 2.75) is 0 Å². The molecule has 106 valence electrons. The Morgan fingerprint density at radius 1 is 1.19 bits per heavy atom. The Balaban J connectivity index is 1.62. The molecule has 8 heteroatoms. The Labute approximate surface area is 123 Å². The summed E-state index contributed by atoms with van der Waals surface area (Å²) in [5, 5.41) is 2.19. The average molecular weight is 302 g/mol. The van der Waals surface area contributed by atoms with Crippen LogP contribution in [-0.4, -0.2) is 21.8 Å². The predicted octanol–water partition coefficient (Wildman–Crippen LogP) is 1.81. The van der Waals surface area contributed by atoms with E-state index >= 15 is 0 Å². The number of thiazole rings is 1. The Bertz CT molecular complexity index is 746. The van der Waals surface area contributed by atoms with Crippen LogP contribution in [0, 0.1) is 0 Å². The second kappa shape index (κ2) is 5.63. The first-order chi connectivity index (χ1) is 10.2. The molecule has 0 unspecified atom stereocenters. The van der Waals surface area contributed by atoms with E-state index in [2.05, 4.69) is 20.8 Å². The van der Waals surface area contributed by atoms with Gasteiger partial charge in [0.05, 0.1) is 6.26 Å². The zero-order chi connectivity index (χ0) is 14.7. The standard InChI is InChI=1S/C13H10N4O3S/c18-11(8-3-1-5-14-8)16-17-12(19)9-7-21-13(15-9)10-4-2-6-20-10/h1-7,14H,(H,16,18)(H,17,19). The van der Waals surface area contributed by atoms with E-state index in [1.54, 1.807) is 35.8 Å². The topological polar surface area (TPSA) is 100 Å². The number of carbonyl (C=O) groups is 2. The van der Waals surface area contributed by atoms with Gasteiger partial charge in [-0.1, -0.05) is 0 Å². The molecule has 3 aromatic heterocycles. The van der Waals surface area contributed by atoms with Crippen LogP contribution in [0.1, 0.15) is 21.0 Å². The number of carbonyl (C=O) groups excluding carboxylic acids is 2. The summed E-state index contributed by atoms with van der Waals surface area (Å²) in [6.45, 7) is 0. The molecule has 7 nitrogen and oxygen atoms in total. The highest BCUT2D eigenvalue weighted by molar-refractivity contribution is 7.13. The lowest BCUT2D eigenvalue weighted by Gasteiger charge is -2.04. The molecule has 0 bridgehead atoms. The first-order valence-corrected chi connectivity index (χ1v) is 6.85. The number of hydrogen-bond acceptors (Lipinski definition) is 5. The zero-order valence-corrected chi connectivity index (χ0v) is 11.4. The summed E-state index contributed by atoms with van der Waals surface area (Å²) in [6.07, 6.45) is 3.15. The Morgan fingerprint density at radius 3 is 2.76 bits per heavy atom. The minimum Gasteiger partial charge on any atom is -0.462 e. The molecule has 0 aliphatic heterocycles. The summed E-state index contributed by atoms with van der Waals surface area (Å²) in [5.74, 6) is -0.340. The molecule has 3 aromatic rings. The predicted molar refractivity (Wildman–Crippen MR) is 75.5 cm³/mol. The molecular formula is C13H10N4O3S. The Morgan fingerprint density at radius 2 is 2.05 bits per heavy atom. The molecule has 0 radical (unpaired) electrons. The lowest BCUT2D eigenvalue weighted by molar-refractivity contribution is 0.0842. The van der Waals surface area contributed by atoms with E-state index in [-0.39, 0.29) is 5.69 Å². The molecule has 0 aromatic carbocycles. The van der Waals surface area contributed by atoms with Crippen molar-refractivity contribution in [3.05, 3.63) is 53.5 Å². The summed E-state index contributed by atoms with van der Waals surface area (Å²) >= 11 is 1.28. The van der Waals surface area contributed by atoms with E-state index in [4.69, 9.17) is 4.42 Å². The molecule has 3 N–H and O–H groups in total. The number of nitrogens with one attached hydrogen (secondary N) is 3. The number of H-pyrrole nitrogens is 1. The van der Waals surface area contributed by atoms with Crippen molar-refractivity contribution in [1.82, 2.24) is 20.8 Å². The summed E-state index contributed by atoms with van der Waals surface area (Å²) in [7, 11) is 0. The number of amides is 2. The lowest BCUT2D eigenvalue weighted by atomic mass is 10.4. The van der Waals surface area contributed by atoms with Crippen LogP contribution in [0.25, 0.3) is 10.8 Å². The molecule has 3 heterocycles. The summed E-state index contributed by atoms with van der Waals surface area (Å²) < 4.78 is 5.20. The largest absolute Gasteiger partial charge is 0.462 e. The van der Waals surface area contributed by atoms with E-state index in [1.807, 2.05) is 0 Å². The fourth-order valence-corrected chi connectivity index (χ4v) is 2.37. The van der Waals surface area contributed by atoms with Gasteiger partial charge in [-0.2, -0.15) is 0 Å². The maximum Gasteiger partial charge on any atom is 0.289 e. The van der Waals surface area contributed by atoms with Gasteiger partial charge in [-0.15, -0.1) is 11.3 Å². The normalized spacial score (nSPS) is 10.3. The maximum atomic E-state index is 11.9. The third kappa shape index (κ3) is 2.84. The van der Waals surface area contributed by atoms with E-state index in [0.29, 0.717) is 16.5 Å². The van der Waals surface area contributed by atoms with E-state index in [9.17, 15) is 9.59 Å². The molecular weight excluding hydrogens is 292 g/mol. The van der Waals surface area contributed by atoms with Crippen molar-refractivity contribution in [3.63, 3.8) is 0 Å². The average Bonchev–Trinajstić information content (AvgIpc) is 3.25. The maximum absolute atomic E-state index is 11.9. The summed E-state index contributed by atoms with van der Waals surface area (Å²) in [4.78, 5) is 30.4. The highest BCUT2D eigenvalue weighted by Crippen LogP contribution is 2.23. The van der Waals surface area contributed by atoms with Crippen LogP contribution in [0.5, 0.6) is 0 Å². The Kier molecular flexibility index (Phi) is 3.52. The molecule has 0 fully saturated rings. The lowest BCUT2D eigenvalue weighted by Crippen LogP contribution is -2.41. The SMILES string of the molecule is O=C(NNC(=O)c1ccc[nH]1)c1csc(-c2ccco2)n1. The first-order valence-electron chi connectivity index (χ1n) is 5.97. The number of furan rings is 1. The summed E-state index contributed by atoms with van der Waals surface area (Å²) in [5.41, 5.74) is 5.16. The van der Waals surface area contributed by atoms with Crippen molar-refractivity contribution in [2.75, 3.05) is 0 Å². The third-order valence-corrected chi connectivity index (χ3v) is 3.46. The van der Waals surface area contributed by atoms with Crippen LogP contribution in [-0.2, 0) is 0 Å². The number of hydrazine groups is 1. The second-order valence-electron chi connectivity index (χ2n) is 4.01. The van der Waals surface area contributed by atoms with Crippen LogP contribution >= 0.6 is 11.3 Å². The van der Waals surface area contributed by atoms with Crippen molar-refractivity contribution in [1.29, 1.82) is 0 Å². The quantitative estimate of drug-likeness (QED) is 0.642. The zero-order valence-electron chi connectivity index (χ0n) is 10.6. The smallest absolute Gasteiger partial charge is 0.289 e. The van der Waals surface area contributed by atoms with Crippen molar-refractivity contribution in [2.24, 2.45) is 0 Å². The highest BCUT2D eigenvalue weighted by Gasteiger charge is 2.14. The molecule has 0 spiro atoms. The number of rotatable bonds is 3. The van der Waals surface area contributed by atoms with Gasteiger partial charge in [0.25, 0.3) is 11.8 Å². The van der Waals surface area contributed by atoms with E-state index in [1.165, 1.54) is 17.6 Å². The van der Waals surface area contributed by atoms with Gasteiger partial charge in [0.2, 0.25) is 0 Å². The number of hydrogen-bond donors (Lipinski definition) is 3. The van der Waals surface area contributed by atoms with Gasteiger partial charge in [-0.05, 0) is 24.3 Å². The number of aromatic nitrogens is 2. The first kappa shape index (κ1) is 13.1. The molecule has 0 atom stereocenters. The minimum absolute atomic E-state index is 0.207. The molecule has 0 aliphatic rings. The second-order valence-corrected chi connectivity index (χ2v) is 4.87. The monoisotopic (exact) mass is 302 g/mol. The molecule has 0 saturated carbocycles. The van der Waals surface area contributed by atoms with Crippen molar-refractivity contribution < 1.29 is 14.0 Å². The van der Waals surface area contributed by atoms with Gasteiger partial charge in [-0.25, -0.2) is 4.98 Å². The summed E-state index contributed by atoms with van der Waals surface area (Å²) in [6, 6.07) is 6.78. The third-order valence-electron chi connectivity index (χ3n) is 2.60. The fourth-order valence-electron chi connectivity index (χ4n) is 1.61. The van der Waals surface area contributed by atoms with Gasteiger partial charge >= 0.3 is 0 Å². The molecule has 0 saturated heterocycles. The Hall–Kier alpha value is -2.87. The highest BCUT2D eigenvalue weighted by atomic mass is 32.1. The number of nitrogens with zero attached hydrogens (tertiary/aromatic N) is 1. The van der Waals surface area contributed by atoms with Crippen molar-refractivity contribution >= 4 is 23.2 Å². The van der Waals surface area contributed by atoms with Crippen LogP contribution in [0.15, 0.2) is 46.5 Å². The van der Waals surface area contributed by atoms with Gasteiger partial charge in [0.1, 0.15) is 11.4 Å². The minimum atomic E-state index is -0.496. The van der Waals surface area contributed by atoms with Crippen LogP contribution in [0.3, 0.4) is 0 Å². The van der Waals surface area contributed by atoms with E-state index < -0.39 is 11.8 Å². The van der Waals surface area contributed by atoms with Crippen LogP contribution in [0.4, 0.5) is 0 Å². The van der Waals surface area contributed by atoms with Crippen LogP contribution in [0.2, 0.25) is 0 Å². The van der Waals surface area contributed by atoms with Crippen LogP contribution < -0.4 is 10.9 Å². The molecule has 2 amide bonds. The molecule has 21 heavy (non-hydrogen) atoms. The van der Waals surface area contributed by atoms with Crippen molar-refractivity contribution in [3.8, 4) is 10.8 Å². The van der Waals surface area contributed by atoms with Gasteiger partial charge in [0, 0.05) is 11.6 Å². The number of aromatic amines is 1. The van der Waals surface area contributed by atoms with E-state index in [0.717, 1.165) is 0 Å². The van der Waals surface area contributed by atoms with Gasteiger partial charge < -0.3 is 9.40 Å². The van der Waals surface area contributed by atoms with Gasteiger partial charge in [-0.3, -0.25) is 20.4 Å². The molecule has 3 rings (SSSR count). The van der Waals surface area contributed by atoms with Gasteiger partial charge in [0.15, 0.2) is 10.8 Å². The fraction of sp³-hybridized carbons (Fsp3) is 0. The molecule has 0 aliphatic carbocycles.